The second-order valence-corrected chi connectivity index (χ2v) is 4.48. The van der Waals surface area contributed by atoms with Gasteiger partial charge in [-0.15, -0.1) is 0 Å². The molecule has 0 radical (unpaired) electrons. The van der Waals surface area contributed by atoms with Crippen LogP contribution in [0.25, 0.3) is 0 Å². The van der Waals surface area contributed by atoms with Crippen molar-refractivity contribution in [1.82, 2.24) is 0 Å². The summed E-state index contributed by atoms with van der Waals surface area (Å²) in [5, 5.41) is 10.9. The van der Waals surface area contributed by atoms with Crippen LogP contribution < -0.4 is 10.5 Å². The van der Waals surface area contributed by atoms with Crippen LogP contribution in [0.4, 0.5) is 15.8 Å². The van der Waals surface area contributed by atoms with Crippen LogP contribution in [0.3, 0.4) is 0 Å². The Bertz CT molecular complexity index is 649. The summed E-state index contributed by atoms with van der Waals surface area (Å²) in [5.74, 6) is -0.422. The predicted octanol–water partition coefficient (Wildman–Crippen LogP) is 3.87. The lowest BCUT2D eigenvalue weighted by Gasteiger charge is -2.09. The van der Waals surface area contributed by atoms with Crippen molar-refractivity contribution in [2.75, 3.05) is 5.73 Å². The van der Waals surface area contributed by atoms with E-state index < -0.39 is 10.7 Å². The highest BCUT2D eigenvalue weighted by molar-refractivity contribution is 9.10. The van der Waals surface area contributed by atoms with E-state index in [4.69, 9.17) is 10.5 Å². The molecule has 7 heteroatoms. The normalized spacial score (nSPS) is 10.2. The van der Waals surface area contributed by atoms with Crippen molar-refractivity contribution in [3.05, 3.63) is 56.8 Å². The zero-order valence-corrected chi connectivity index (χ0v) is 11.1. The Morgan fingerprint density at radius 1 is 1.26 bits per heavy atom. The van der Waals surface area contributed by atoms with Crippen LogP contribution in [0.15, 0.2) is 40.9 Å². The van der Waals surface area contributed by atoms with Crippen molar-refractivity contribution in [1.29, 1.82) is 0 Å². The standard InChI is InChI=1S/C12H8BrFN2O3/c13-8-5-4-7(14)6-11(8)19-10-3-1-2-9(15)12(10)16(17)18/h1-6H,15H2. The molecule has 0 fully saturated rings. The maximum Gasteiger partial charge on any atom is 0.334 e. The molecule has 0 bridgehead atoms. The van der Waals surface area contributed by atoms with Gasteiger partial charge in [0.15, 0.2) is 0 Å². The number of nitrogen functional groups attached to an aromatic ring is 1. The van der Waals surface area contributed by atoms with Crippen molar-refractivity contribution < 1.29 is 14.1 Å². The van der Waals surface area contributed by atoms with Gasteiger partial charge >= 0.3 is 5.69 Å². The second-order valence-electron chi connectivity index (χ2n) is 3.63. The van der Waals surface area contributed by atoms with E-state index in [0.29, 0.717) is 4.47 Å². The van der Waals surface area contributed by atoms with Crippen LogP contribution in [0.1, 0.15) is 0 Å². The lowest BCUT2D eigenvalue weighted by Crippen LogP contribution is -1.98. The number of rotatable bonds is 3. The fourth-order valence-electron chi connectivity index (χ4n) is 1.49. The van der Waals surface area contributed by atoms with Crippen LogP contribution in [0.5, 0.6) is 11.5 Å². The molecule has 0 unspecified atom stereocenters. The monoisotopic (exact) mass is 326 g/mol. The van der Waals surface area contributed by atoms with Gasteiger partial charge in [-0.2, -0.15) is 0 Å². The highest BCUT2D eigenvalue weighted by atomic mass is 79.9. The molecule has 0 saturated carbocycles. The zero-order valence-electron chi connectivity index (χ0n) is 9.47. The van der Waals surface area contributed by atoms with Crippen LogP contribution >= 0.6 is 15.9 Å². The molecular formula is C12H8BrFN2O3. The molecule has 0 saturated heterocycles. The van der Waals surface area contributed by atoms with Crippen molar-refractivity contribution >= 4 is 27.3 Å². The summed E-state index contributed by atoms with van der Waals surface area (Å²) in [6.07, 6.45) is 0. The Morgan fingerprint density at radius 2 is 2.00 bits per heavy atom. The minimum absolute atomic E-state index is 0.0185. The molecule has 2 rings (SSSR count). The van der Waals surface area contributed by atoms with Crippen LogP contribution in [-0.4, -0.2) is 4.92 Å². The van der Waals surface area contributed by atoms with Gasteiger partial charge in [0.05, 0.1) is 9.40 Å². The number of anilines is 1. The lowest BCUT2D eigenvalue weighted by molar-refractivity contribution is -0.384. The number of hydrogen-bond acceptors (Lipinski definition) is 4. The molecule has 0 aliphatic heterocycles. The number of halogens is 2. The van der Waals surface area contributed by atoms with Gasteiger partial charge in [0.2, 0.25) is 5.75 Å². The van der Waals surface area contributed by atoms with Crippen molar-refractivity contribution in [2.45, 2.75) is 0 Å². The van der Waals surface area contributed by atoms with Gasteiger partial charge < -0.3 is 10.5 Å². The first-order valence-corrected chi connectivity index (χ1v) is 5.94. The molecule has 2 aromatic rings. The summed E-state index contributed by atoms with van der Waals surface area (Å²) >= 11 is 3.18. The summed E-state index contributed by atoms with van der Waals surface area (Å²) in [6, 6.07) is 8.12. The molecule has 5 nitrogen and oxygen atoms in total. The third kappa shape index (κ3) is 2.82. The van der Waals surface area contributed by atoms with E-state index in [9.17, 15) is 14.5 Å². The summed E-state index contributed by atoms with van der Waals surface area (Å²) in [6.45, 7) is 0. The molecule has 0 heterocycles. The lowest BCUT2D eigenvalue weighted by atomic mass is 10.2. The first-order valence-electron chi connectivity index (χ1n) is 5.15. The SMILES string of the molecule is Nc1cccc(Oc2cc(F)ccc2Br)c1[N+](=O)[O-]. The first-order chi connectivity index (χ1) is 8.99. The number of ether oxygens (including phenoxy) is 1. The quantitative estimate of drug-likeness (QED) is 0.527. The van der Waals surface area contributed by atoms with E-state index in [0.717, 1.165) is 6.07 Å². The van der Waals surface area contributed by atoms with Crippen molar-refractivity contribution in [3.63, 3.8) is 0 Å². The fraction of sp³-hybridized carbons (Fsp3) is 0. The third-order valence-corrected chi connectivity index (χ3v) is 2.98. The molecule has 0 spiro atoms. The number of nitrogens with two attached hydrogens (primary N) is 1. The van der Waals surface area contributed by atoms with E-state index in [1.807, 2.05) is 0 Å². The zero-order chi connectivity index (χ0) is 14.0. The average Bonchev–Trinajstić information content (AvgIpc) is 2.33. The van der Waals surface area contributed by atoms with Gasteiger partial charge in [-0.25, -0.2) is 4.39 Å². The molecule has 2 N–H and O–H groups in total. The number of para-hydroxylation sites is 1. The number of benzene rings is 2. The maximum atomic E-state index is 13.1. The van der Waals surface area contributed by atoms with Gasteiger partial charge in [-0.3, -0.25) is 10.1 Å². The topological polar surface area (TPSA) is 78.4 Å². The Labute approximate surface area is 116 Å². The molecule has 0 aliphatic rings. The Morgan fingerprint density at radius 3 is 2.68 bits per heavy atom. The summed E-state index contributed by atoms with van der Waals surface area (Å²) < 4.78 is 19.0. The molecule has 0 aliphatic carbocycles. The first kappa shape index (κ1) is 13.3. The van der Waals surface area contributed by atoms with E-state index >= 15 is 0 Å². The minimum Gasteiger partial charge on any atom is -0.449 e. The van der Waals surface area contributed by atoms with E-state index in [-0.39, 0.29) is 22.9 Å². The van der Waals surface area contributed by atoms with Gasteiger partial charge in [-0.1, -0.05) is 6.07 Å². The fourth-order valence-corrected chi connectivity index (χ4v) is 1.82. The maximum absolute atomic E-state index is 13.1. The van der Waals surface area contributed by atoms with E-state index in [1.165, 1.54) is 30.3 Å². The number of nitro groups is 1. The van der Waals surface area contributed by atoms with Crippen LogP contribution in [-0.2, 0) is 0 Å². The van der Waals surface area contributed by atoms with Gasteiger partial charge in [0.25, 0.3) is 0 Å². The van der Waals surface area contributed by atoms with Crippen LogP contribution in [0.2, 0.25) is 0 Å². The second kappa shape index (κ2) is 5.23. The highest BCUT2D eigenvalue weighted by Crippen LogP contribution is 2.38. The molecule has 0 aromatic heterocycles. The van der Waals surface area contributed by atoms with E-state index in [2.05, 4.69) is 15.9 Å². The average molecular weight is 327 g/mol. The molecule has 2 aromatic carbocycles. The summed E-state index contributed by atoms with van der Waals surface area (Å²) in [5.41, 5.74) is 5.17. The Hall–Kier alpha value is -2.15. The van der Waals surface area contributed by atoms with Crippen molar-refractivity contribution in [2.24, 2.45) is 0 Å². The predicted molar refractivity (Wildman–Crippen MR) is 71.7 cm³/mol. The molecule has 19 heavy (non-hydrogen) atoms. The van der Waals surface area contributed by atoms with Gasteiger partial charge in [0, 0.05) is 6.07 Å². The third-order valence-electron chi connectivity index (χ3n) is 2.33. The van der Waals surface area contributed by atoms with Gasteiger partial charge in [0.1, 0.15) is 17.3 Å². The number of hydrogen-bond donors (Lipinski definition) is 1. The smallest absolute Gasteiger partial charge is 0.334 e. The highest BCUT2D eigenvalue weighted by Gasteiger charge is 2.20. The minimum atomic E-state index is -0.641. The molecule has 0 atom stereocenters. The van der Waals surface area contributed by atoms with Gasteiger partial charge in [-0.05, 0) is 40.2 Å². The van der Waals surface area contributed by atoms with Crippen LogP contribution in [0, 0.1) is 15.9 Å². The number of nitrogens with zero attached hydrogens (tertiary/aromatic N) is 1. The molecule has 98 valence electrons. The Kier molecular flexibility index (Phi) is 3.66. The summed E-state index contributed by atoms with van der Waals surface area (Å²) in [7, 11) is 0. The molecule has 0 amide bonds. The van der Waals surface area contributed by atoms with E-state index in [1.54, 1.807) is 0 Å². The van der Waals surface area contributed by atoms with Crippen molar-refractivity contribution in [3.8, 4) is 11.5 Å². The largest absolute Gasteiger partial charge is 0.449 e. The summed E-state index contributed by atoms with van der Waals surface area (Å²) in [4.78, 5) is 10.3. The number of nitro benzene ring substituents is 1. The molecular weight excluding hydrogens is 319 g/mol. The Balaban J connectivity index is 2.46.